The van der Waals surface area contributed by atoms with Crippen LogP contribution < -0.4 is 5.32 Å². The van der Waals surface area contributed by atoms with Crippen molar-refractivity contribution in [1.29, 1.82) is 0 Å². The molecular formula is C28H34N4O2S. The van der Waals surface area contributed by atoms with Crippen LogP contribution >= 0.6 is 11.8 Å². The third-order valence-electron chi connectivity index (χ3n) is 8.71. The van der Waals surface area contributed by atoms with E-state index in [0.717, 1.165) is 45.6 Å². The van der Waals surface area contributed by atoms with E-state index in [1.165, 1.54) is 50.3 Å². The Morgan fingerprint density at radius 1 is 1.11 bits per heavy atom. The number of aryl methyl sites for hydroxylation is 1. The quantitative estimate of drug-likeness (QED) is 0.410. The Labute approximate surface area is 211 Å². The van der Waals surface area contributed by atoms with Crippen molar-refractivity contribution in [3.8, 4) is 11.4 Å². The van der Waals surface area contributed by atoms with Crippen LogP contribution in [0.1, 0.15) is 56.8 Å². The fourth-order valence-electron chi connectivity index (χ4n) is 7.39. The van der Waals surface area contributed by atoms with Crippen LogP contribution in [0.2, 0.25) is 0 Å². The highest BCUT2D eigenvalue weighted by Gasteiger charge is 2.53. The molecule has 1 amide bonds. The summed E-state index contributed by atoms with van der Waals surface area (Å²) in [6.45, 7) is 4.82. The number of nitrogens with zero attached hydrogens (tertiary/aromatic N) is 3. The van der Waals surface area contributed by atoms with Gasteiger partial charge in [0.05, 0.1) is 24.1 Å². The van der Waals surface area contributed by atoms with E-state index in [-0.39, 0.29) is 11.9 Å². The second kappa shape index (κ2) is 9.16. The van der Waals surface area contributed by atoms with Crippen molar-refractivity contribution in [2.24, 2.45) is 23.2 Å². The number of hydrogen-bond donors (Lipinski definition) is 1. The fraction of sp³-hybridized carbons (Fsp3) is 0.536. The SMILES string of the molecule is Cc1occc1-c1nnc(SCC(=O)NC(C)C23CC4CC(CC(C4)C2)C3)n1Cc1ccccc1. The number of aromatic nitrogens is 3. The second-order valence-electron chi connectivity index (χ2n) is 11.1. The zero-order valence-electron chi connectivity index (χ0n) is 20.6. The monoisotopic (exact) mass is 490 g/mol. The van der Waals surface area contributed by atoms with Crippen molar-refractivity contribution in [3.05, 3.63) is 54.0 Å². The summed E-state index contributed by atoms with van der Waals surface area (Å²) < 4.78 is 7.61. The molecule has 4 aliphatic carbocycles. The Balaban J connectivity index is 1.16. The summed E-state index contributed by atoms with van der Waals surface area (Å²) in [5, 5.41) is 13.1. The van der Waals surface area contributed by atoms with E-state index in [1.54, 1.807) is 6.26 Å². The molecule has 2 aromatic heterocycles. The van der Waals surface area contributed by atoms with Crippen LogP contribution in [0.15, 0.2) is 52.2 Å². The number of carbonyl (C=O) groups is 1. The van der Waals surface area contributed by atoms with Crippen molar-refractivity contribution in [3.63, 3.8) is 0 Å². The van der Waals surface area contributed by atoms with Gasteiger partial charge in [-0.15, -0.1) is 10.2 Å². The lowest BCUT2D eigenvalue weighted by Gasteiger charge is -2.59. The summed E-state index contributed by atoms with van der Waals surface area (Å²) in [5.41, 5.74) is 2.41. The minimum atomic E-state index is 0.0912. The van der Waals surface area contributed by atoms with Gasteiger partial charge in [-0.05, 0) is 87.2 Å². The lowest BCUT2D eigenvalue weighted by Crippen LogP contribution is -2.56. The average Bonchev–Trinajstić information content (AvgIpc) is 3.43. The molecule has 35 heavy (non-hydrogen) atoms. The molecule has 1 atom stereocenters. The van der Waals surface area contributed by atoms with Crippen LogP contribution in [0.25, 0.3) is 11.4 Å². The van der Waals surface area contributed by atoms with Gasteiger partial charge in [0.1, 0.15) is 5.76 Å². The largest absolute Gasteiger partial charge is 0.469 e. The number of furan rings is 1. The first-order valence-corrected chi connectivity index (χ1v) is 13.9. The molecule has 7 rings (SSSR count). The topological polar surface area (TPSA) is 72.9 Å². The first-order valence-electron chi connectivity index (χ1n) is 12.9. The molecule has 3 aromatic rings. The van der Waals surface area contributed by atoms with Crippen LogP contribution in [0.3, 0.4) is 0 Å². The highest BCUT2D eigenvalue weighted by Crippen LogP contribution is 2.61. The van der Waals surface area contributed by atoms with Gasteiger partial charge < -0.3 is 9.73 Å². The van der Waals surface area contributed by atoms with Crippen LogP contribution in [-0.2, 0) is 11.3 Å². The molecular weight excluding hydrogens is 456 g/mol. The smallest absolute Gasteiger partial charge is 0.230 e. The first kappa shape index (κ1) is 22.9. The molecule has 0 spiro atoms. The van der Waals surface area contributed by atoms with Crippen molar-refractivity contribution >= 4 is 17.7 Å². The lowest BCUT2D eigenvalue weighted by molar-refractivity contribution is -0.123. The predicted molar refractivity (Wildman–Crippen MR) is 137 cm³/mol. The standard InChI is InChI=1S/C28H34N4O2S/c1-18-24(8-9-34-18)26-30-31-27(32(26)16-20-6-4-3-5-7-20)35-17-25(33)29-19(2)28-13-21-10-22(14-28)12-23(11-21)15-28/h3-9,19,21-23H,10-17H2,1-2H3,(H,29,33). The normalized spacial score (nSPS) is 27.8. The third kappa shape index (κ3) is 4.44. The maximum Gasteiger partial charge on any atom is 0.230 e. The molecule has 0 radical (unpaired) electrons. The van der Waals surface area contributed by atoms with Crippen molar-refractivity contribution in [1.82, 2.24) is 20.1 Å². The Morgan fingerprint density at radius 2 is 1.80 bits per heavy atom. The van der Waals surface area contributed by atoms with Gasteiger partial charge in [-0.3, -0.25) is 9.36 Å². The van der Waals surface area contributed by atoms with E-state index in [1.807, 2.05) is 31.2 Å². The third-order valence-corrected chi connectivity index (χ3v) is 9.68. The van der Waals surface area contributed by atoms with Crippen molar-refractivity contribution in [2.45, 2.75) is 70.1 Å². The number of benzene rings is 1. The van der Waals surface area contributed by atoms with Gasteiger partial charge in [-0.2, -0.15) is 0 Å². The zero-order chi connectivity index (χ0) is 24.0. The minimum Gasteiger partial charge on any atom is -0.469 e. The summed E-state index contributed by atoms with van der Waals surface area (Å²) >= 11 is 1.46. The predicted octanol–water partition coefficient (Wildman–Crippen LogP) is 5.71. The van der Waals surface area contributed by atoms with Crippen molar-refractivity contribution in [2.75, 3.05) is 5.75 Å². The maximum atomic E-state index is 13.1. The Morgan fingerprint density at radius 3 is 2.43 bits per heavy atom. The van der Waals surface area contributed by atoms with Gasteiger partial charge in [0, 0.05) is 6.04 Å². The van der Waals surface area contributed by atoms with Gasteiger partial charge in [0.2, 0.25) is 5.91 Å². The molecule has 2 heterocycles. The maximum absolute atomic E-state index is 13.1. The summed E-state index contributed by atoms with van der Waals surface area (Å²) in [4.78, 5) is 13.1. The molecule has 184 valence electrons. The molecule has 4 saturated carbocycles. The van der Waals surface area contributed by atoms with Crippen molar-refractivity contribution < 1.29 is 9.21 Å². The van der Waals surface area contributed by atoms with Crippen LogP contribution in [0.5, 0.6) is 0 Å². The Hall–Kier alpha value is -2.54. The molecule has 6 nitrogen and oxygen atoms in total. The minimum absolute atomic E-state index is 0.0912. The highest BCUT2D eigenvalue weighted by atomic mass is 32.2. The molecule has 1 aromatic carbocycles. The molecule has 4 bridgehead atoms. The van der Waals surface area contributed by atoms with E-state index >= 15 is 0 Å². The summed E-state index contributed by atoms with van der Waals surface area (Å²) in [7, 11) is 0. The summed E-state index contributed by atoms with van der Waals surface area (Å²) in [6.07, 6.45) is 9.84. The Kier molecular flexibility index (Phi) is 5.99. The van der Waals surface area contributed by atoms with Gasteiger partial charge >= 0.3 is 0 Å². The molecule has 4 fully saturated rings. The van der Waals surface area contributed by atoms with Crippen LogP contribution in [0, 0.1) is 30.1 Å². The molecule has 1 unspecified atom stereocenters. The first-order chi connectivity index (χ1) is 17.0. The van der Waals surface area contributed by atoms with E-state index in [9.17, 15) is 4.79 Å². The fourth-order valence-corrected chi connectivity index (χ4v) is 8.14. The molecule has 0 saturated heterocycles. The van der Waals surface area contributed by atoms with E-state index in [0.29, 0.717) is 17.7 Å². The van der Waals surface area contributed by atoms with Crippen LogP contribution in [0.4, 0.5) is 0 Å². The van der Waals surface area contributed by atoms with Crippen LogP contribution in [-0.4, -0.2) is 32.5 Å². The number of hydrogen-bond acceptors (Lipinski definition) is 5. The van der Waals surface area contributed by atoms with E-state index in [4.69, 9.17) is 4.42 Å². The zero-order valence-corrected chi connectivity index (χ0v) is 21.4. The number of rotatable bonds is 8. The van der Waals surface area contributed by atoms with E-state index in [2.05, 4.69) is 39.1 Å². The average molecular weight is 491 g/mol. The second-order valence-corrected chi connectivity index (χ2v) is 12.1. The summed E-state index contributed by atoms with van der Waals surface area (Å²) in [6, 6.07) is 12.4. The molecule has 1 N–H and O–H groups in total. The number of thioether (sulfide) groups is 1. The molecule has 4 aliphatic rings. The van der Waals surface area contributed by atoms with Gasteiger partial charge in [-0.25, -0.2) is 0 Å². The molecule has 0 aliphatic heterocycles. The molecule has 7 heteroatoms. The van der Waals surface area contributed by atoms with E-state index < -0.39 is 0 Å². The number of amides is 1. The summed E-state index contributed by atoms with van der Waals surface area (Å²) in [5.74, 6) is 4.67. The van der Waals surface area contributed by atoms with Gasteiger partial charge in [0.15, 0.2) is 11.0 Å². The Bertz CT molecular complexity index is 1170. The van der Waals surface area contributed by atoms with Gasteiger partial charge in [-0.1, -0.05) is 42.1 Å². The highest BCUT2D eigenvalue weighted by molar-refractivity contribution is 7.99. The van der Waals surface area contributed by atoms with Gasteiger partial charge in [0.25, 0.3) is 0 Å². The number of nitrogens with one attached hydrogen (secondary N) is 1. The number of carbonyl (C=O) groups excluding carboxylic acids is 1. The lowest BCUT2D eigenvalue weighted by atomic mass is 9.48.